The maximum Gasteiger partial charge on any atom is 0.190 e. The monoisotopic (exact) mass is 423 g/mol. The number of thiazole rings is 1. The summed E-state index contributed by atoms with van der Waals surface area (Å²) in [6.07, 6.45) is 0. The lowest BCUT2D eigenvalue weighted by molar-refractivity contribution is 0.0363. The van der Waals surface area contributed by atoms with E-state index in [1.54, 1.807) is 18.4 Å². The minimum Gasteiger partial charge on any atom is -0.497 e. The molecule has 1 aromatic heterocycles. The number of nitrogens with zero attached hydrogens (tertiary/aromatic N) is 3. The van der Waals surface area contributed by atoms with Crippen molar-refractivity contribution in [1.82, 2.24) is 9.47 Å². The van der Waals surface area contributed by atoms with Gasteiger partial charge < -0.3 is 14.0 Å². The Balaban J connectivity index is 1.73. The molecule has 0 aliphatic carbocycles. The summed E-state index contributed by atoms with van der Waals surface area (Å²) in [6.45, 7) is 9.80. The molecular weight excluding hydrogens is 394 g/mol. The van der Waals surface area contributed by atoms with Gasteiger partial charge in [0, 0.05) is 31.1 Å². The highest BCUT2D eigenvalue weighted by Gasteiger charge is 2.16. The van der Waals surface area contributed by atoms with E-state index in [0.29, 0.717) is 0 Å². The van der Waals surface area contributed by atoms with Crippen LogP contribution in [0.2, 0.25) is 0 Å². The number of hydrogen-bond donors (Lipinski definition) is 0. The van der Waals surface area contributed by atoms with Crippen molar-refractivity contribution in [2.45, 2.75) is 20.4 Å². The van der Waals surface area contributed by atoms with E-state index >= 15 is 0 Å². The van der Waals surface area contributed by atoms with Gasteiger partial charge in [0.25, 0.3) is 0 Å². The van der Waals surface area contributed by atoms with Crippen molar-refractivity contribution in [3.05, 3.63) is 63.8 Å². The fourth-order valence-corrected chi connectivity index (χ4v) is 4.76. The predicted molar refractivity (Wildman–Crippen MR) is 123 cm³/mol. The van der Waals surface area contributed by atoms with Gasteiger partial charge >= 0.3 is 0 Å². The minimum atomic E-state index is 0.819. The number of benzene rings is 2. The van der Waals surface area contributed by atoms with E-state index in [0.717, 1.165) is 55.6 Å². The molecule has 2 aromatic carbocycles. The lowest BCUT2D eigenvalue weighted by Crippen LogP contribution is -2.39. The number of rotatable bonds is 6. The van der Waals surface area contributed by atoms with Crippen LogP contribution in [0.15, 0.2) is 53.5 Å². The first-order chi connectivity index (χ1) is 14.6. The molecule has 1 aliphatic heterocycles. The molecule has 158 valence electrons. The van der Waals surface area contributed by atoms with Crippen molar-refractivity contribution in [1.29, 1.82) is 0 Å². The van der Waals surface area contributed by atoms with Crippen molar-refractivity contribution in [3.63, 3.8) is 0 Å². The minimum absolute atomic E-state index is 0.819. The van der Waals surface area contributed by atoms with Crippen molar-refractivity contribution in [2.75, 3.05) is 40.0 Å². The third kappa shape index (κ3) is 4.83. The van der Waals surface area contributed by atoms with E-state index in [-0.39, 0.29) is 0 Å². The molecule has 6 heteroatoms. The number of hydrogen-bond acceptors (Lipinski definition) is 5. The summed E-state index contributed by atoms with van der Waals surface area (Å²) in [6, 6.07) is 16.7. The van der Waals surface area contributed by atoms with E-state index in [4.69, 9.17) is 14.5 Å². The molecule has 0 N–H and O–H groups in total. The molecule has 30 heavy (non-hydrogen) atoms. The van der Waals surface area contributed by atoms with E-state index in [9.17, 15) is 0 Å². The third-order valence-electron chi connectivity index (χ3n) is 5.44. The zero-order chi connectivity index (χ0) is 20.9. The van der Waals surface area contributed by atoms with Gasteiger partial charge in [-0.2, -0.15) is 0 Å². The Morgan fingerprint density at radius 1 is 0.967 bits per heavy atom. The van der Waals surface area contributed by atoms with Crippen LogP contribution < -0.4 is 9.54 Å². The first kappa shape index (κ1) is 20.8. The van der Waals surface area contributed by atoms with Gasteiger partial charge in [0.05, 0.1) is 31.7 Å². The molecular formula is C24H29N3O2S. The highest BCUT2D eigenvalue weighted by atomic mass is 32.1. The lowest BCUT2D eigenvalue weighted by Gasteiger charge is -2.27. The number of methoxy groups -OCH3 is 1. The molecule has 0 saturated carbocycles. The van der Waals surface area contributed by atoms with E-state index in [1.807, 2.05) is 12.1 Å². The lowest BCUT2D eigenvalue weighted by atomic mass is 10.1. The molecule has 1 aliphatic rings. The van der Waals surface area contributed by atoms with Crippen LogP contribution in [0.4, 0.5) is 5.69 Å². The summed E-state index contributed by atoms with van der Waals surface area (Å²) in [5.74, 6) is 0.871. The van der Waals surface area contributed by atoms with Crippen LogP contribution in [0.1, 0.15) is 10.4 Å². The highest BCUT2D eigenvalue weighted by molar-refractivity contribution is 7.09. The van der Waals surface area contributed by atoms with Crippen molar-refractivity contribution in [3.8, 4) is 17.0 Å². The second kappa shape index (κ2) is 9.60. The van der Waals surface area contributed by atoms with Crippen LogP contribution in [0.3, 0.4) is 0 Å². The molecule has 0 radical (unpaired) electrons. The molecule has 1 fully saturated rings. The van der Waals surface area contributed by atoms with Gasteiger partial charge in [-0.3, -0.25) is 4.90 Å². The molecule has 3 aromatic rings. The second-order valence-electron chi connectivity index (χ2n) is 7.57. The molecule has 0 unspecified atom stereocenters. The second-order valence-corrected chi connectivity index (χ2v) is 8.75. The van der Waals surface area contributed by atoms with Crippen LogP contribution in [0.25, 0.3) is 11.3 Å². The van der Waals surface area contributed by atoms with Gasteiger partial charge in [0.1, 0.15) is 5.75 Å². The molecule has 0 spiro atoms. The number of aromatic nitrogens is 1. The zero-order valence-electron chi connectivity index (χ0n) is 17.9. The first-order valence-corrected chi connectivity index (χ1v) is 11.2. The third-order valence-corrected chi connectivity index (χ3v) is 6.44. The van der Waals surface area contributed by atoms with E-state index in [2.05, 4.69) is 59.7 Å². The van der Waals surface area contributed by atoms with Crippen molar-refractivity contribution < 1.29 is 9.47 Å². The summed E-state index contributed by atoms with van der Waals surface area (Å²) in [4.78, 5) is 9.78. The quantitative estimate of drug-likeness (QED) is 0.590. The molecule has 2 heterocycles. The Kier molecular flexibility index (Phi) is 6.67. The van der Waals surface area contributed by atoms with E-state index in [1.165, 1.54) is 21.7 Å². The van der Waals surface area contributed by atoms with Gasteiger partial charge in [0.15, 0.2) is 4.80 Å². The Labute approximate surface area is 182 Å². The Morgan fingerprint density at radius 3 is 2.33 bits per heavy atom. The van der Waals surface area contributed by atoms with Crippen LogP contribution in [0.5, 0.6) is 5.75 Å². The molecule has 4 rings (SSSR count). The average molecular weight is 424 g/mol. The maximum atomic E-state index is 5.51. The van der Waals surface area contributed by atoms with Crippen LogP contribution in [-0.2, 0) is 11.3 Å². The van der Waals surface area contributed by atoms with Crippen LogP contribution >= 0.6 is 11.3 Å². The standard InChI is InChI=1S/C24H29N3O2S/c1-18-4-8-21(9-5-18)25-24-27(13-12-26-14-16-29-17-15-26)23(19(2)30-24)20-6-10-22(28-3)11-7-20/h4-11H,12-17H2,1-3H3. The summed E-state index contributed by atoms with van der Waals surface area (Å²) in [5, 5.41) is 0. The Morgan fingerprint density at radius 2 is 1.67 bits per heavy atom. The Hall–Kier alpha value is -2.41. The Bertz CT molecular complexity index is 1030. The number of aryl methyl sites for hydroxylation is 2. The largest absolute Gasteiger partial charge is 0.497 e. The molecule has 0 amide bonds. The highest BCUT2D eigenvalue weighted by Crippen LogP contribution is 2.27. The molecule has 1 saturated heterocycles. The average Bonchev–Trinajstić information content (AvgIpc) is 3.09. The summed E-state index contributed by atoms with van der Waals surface area (Å²) in [5.41, 5.74) is 4.66. The van der Waals surface area contributed by atoms with E-state index < -0.39 is 0 Å². The SMILES string of the molecule is COc1ccc(-c2c(C)sc(=Nc3ccc(C)cc3)n2CCN2CCOCC2)cc1. The first-order valence-electron chi connectivity index (χ1n) is 10.4. The van der Waals surface area contributed by atoms with Crippen LogP contribution in [0, 0.1) is 13.8 Å². The normalized spacial score (nSPS) is 15.5. The fraction of sp³-hybridized carbons (Fsp3) is 0.375. The van der Waals surface area contributed by atoms with Gasteiger partial charge in [-0.15, -0.1) is 11.3 Å². The molecule has 5 nitrogen and oxygen atoms in total. The molecule has 0 bridgehead atoms. The topological polar surface area (TPSA) is 39.0 Å². The summed E-state index contributed by atoms with van der Waals surface area (Å²) in [7, 11) is 1.70. The summed E-state index contributed by atoms with van der Waals surface area (Å²) < 4.78 is 13.2. The van der Waals surface area contributed by atoms with Gasteiger partial charge in [-0.1, -0.05) is 17.7 Å². The fourth-order valence-electron chi connectivity index (χ4n) is 3.72. The van der Waals surface area contributed by atoms with Gasteiger partial charge in [-0.05, 0) is 55.8 Å². The molecule has 0 atom stereocenters. The van der Waals surface area contributed by atoms with Crippen molar-refractivity contribution >= 4 is 17.0 Å². The van der Waals surface area contributed by atoms with Crippen molar-refractivity contribution in [2.24, 2.45) is 4.99 Å². The maximum absolute atomic E-state index is 5.51. The number of morpholine rings is 1. The van der Waals surface area contributed by atoms with Crippen LogP contribution in [-0.4, -0.2) is 49.4 Å². The number of ether oxygens (including phenoxy) is 2. The summed E-state index contributed by atoms with van der Waals surface area (Å²) >= 11 is 1.75. The van der Waals surface area contributed by atoms with Gasteiger partial charge in [0.2, 0.25) is 0 Å². The predicted octanol–water partition coefficient (Wildman–Crippen LogP) is 4.41. The van der Waals surface area contributed by atoms with Gasteiger partial charge in [-0.25, -0.2) is 4.99 Å². The zero-order valence-corrected chi connectivity index (χ0v) is 18.7. The smallest absolute Gasteiger partial charge is 0.190 e.